The van der Waals surface area contributed by atoms with E-state index in [0.717, 1.165) is 6.26 Å². The molecule has 0 aliphatic rings. The first-order chi connectivity index (χ1) is 9.77. The van der Waals surface area contributed by atoms with Crippen molar-refractivity contribution in [3.05, 3.63) is 34.7 Å². The third-order valence-corrected chi connectivity index (χ3v) is 4.46. The maximum atomic E-state index is 11.9. The third kappa shape index (κ3) is 2.79. The quantitative estimate of drug-likeness (QED) is 0.804. The Morgan fingerprint density at radius 2 is 2.05 bits per heavy atom. The highest BCUT2D eigenvalue weighted by Crippen LogP contribution is 2.38. The number of sulfone groups is 1. The van der Waals surface area contributed by atoms with E-state index in [1.165, 1.54) is 25.4 Å². The average molecular weight is 330 g/mol. The molecular weight excluding hydrogens is 318 g/mol. The number of carbonyl (C=O) groups excluding carboxylic acids is 1. The van der Waals surface area contributed by atoms with Gasteiger partial charge >= 0.3 is 5.97 Å². The van der Waals surface area contributed by atoms with Crippen LogP contribution in [0.15, 0.2) is 27.7 Å². The van der Waals surface area contributed by atoms with Crippen molar-refractivity contribution in [3.8, 4) is 11.1 Å². The van der Waals surface area contributed by atoms with E-state index in [2.05, 4.69) is 9.89 Å². The minimum atomic E-state index is -3.55. The molecule has 6 nitrogen and oxygen atoms in total. The lowest BCUT2D eigenvalue weighted by Gasteiger charge is -2.12. The molecule has 1 heterocycles. The second-order valence-electron chi connectivity index (χ2n) is 4.36. The van der Waals surface area contributed by atoms with Crippen LogP contribution in [0.2, 0.25) is 5.02 Å². The molecule has 21 heavy (non-hydrogen) atoms. The summed E-state index contributed by atoms with van der Waals surface area (Å²) in [5.41, 5.74) is 0.661. The van der Waals surface area contributed by atoms with E-state index in [1.807, 2.05) is 0 Å². The van der Waals surface area contributed by atoms with Crippen molar-refractivity contribution in [2.75, 3.05) is 13.4 Å². The minimum absolute atomic E-state index is 0.00791. The molecule has 0 bridgehead atoms. The van der Waals surface area contributed by atoms with E-state index in [0.29, 0.717) is 11.3 Å². The van der Waals surface area contributed by atoms with Crippen molar-refractivity contribution in [1.29, 1.82) is 0 Å². The van der Waals surface area contributed by atoms with Gasteiger partial charge in [-0.1, -0.05) is 16.8 Å². The third-order valence-electron chi connectivity index (χ3n) is 2.93. The molecule has 0 spiro atoms. The van der Waals surface area contributed by atoms with Gasteiger partial charge in [-0.05, 0) is 19.1 Å². The Morgan fingerprint density at radius 3 is 2.52 bits per heavy atom. The van der Waals surface area contributed by atoms with E-state index >= 15 is 0 Å². The molecule has 0 aliphatic heterocycles. The summed E-state index contributed by atoms with van der Waals surface area (Å²) in [6.07, 6.45) is 2.41. The number of methoxy groups -OCH3 is 1. The summed E-state index contributed by atoms with van der Waals surface area (Å²) in [5.74, 6) is -0.265. The van der Waals surface area contributed by atoms with Gasteiger partial charge in [0.05, 0.1) is 28.8 Å². The molecule has 0 atom stereocenters. The van der Waals surface area contributed by atoms with Crippen LogP contribution in [0.4, 0.5) is 0 Å². The van der Waals surface area contributed by atoms with Crippen LogP contribution in [-0.4, -0.2) is 32.9 Å². The topological polar surface area (TPSA) is 86.5 Å². The Morgan fingerprint density at radius 1 is 1.38 bits per heavy atom. The predicted octanol–water partition coefficient (Wildman–Crippen LogP) is 2.49. The molecule has 2 aromatic rings. The summed E-state index contributed by atoms with van der Waals surface area (Å²) in [7, 11) is -2.34. The normalized spacial score (nSPS) is 11.4. The number of hydrogen-bond donors (Lipinski definition) is 0. The van der Waals surface area contributed by atoms with E-state index in [9.17, 15) is 13.2 Å². The molecule has 1 aromatic heterocycles. The van der Waals surface area contributed by atoms with Crippen LogP contribution in [0.3, 0.4) is 0 Å². The van der Waals surface area contributed by atoms with Crippen LogP contribution in [0.5, 0.6) is 0 Å². The lowest BCUT2D eigenvalue weighted by atomic mass is 10.0. The number of carbonyl (C=O) groups is 1. The Labute approximate surface area is 126 Å². The molecule has 0 fully saturated rings. The highest BCUT2D eigenvalue weighted by atomic mass is 35.5. The van der Waals surface area contributed by atoms with E-state index in [-0.39, 0.29) is 21.0 Å². The molecule has 1 aromatic carbocycles. The number of aryl methyl sites for hydroxylation is 1. The zero-order valence-electron chi connectivity index (χ0n) is 11.5. The molecule has 0 saturated heterocycles. The van der Waals surface area contributed by atoms with Gasteiger partial charge < -0.3 is 9.26 Å². The minimum Gasteiger partial charge on any atom is -0.465 e. The van der Waals surface area contributed by atoms with Crippen molar-refractivity contribution < 1.29 is 22.5 Å². The molecule has 0 amide bonds. The van der Waals surface area contributed by atoms with Gasteiger partial charge in [0, 0.05) is 17.4 Å². The summed E-state index contributed by atoms with van der Waals surface area (Å²) >= 11 is 6.22. The fraction of sp³-hybridized carbons (Fsp3) is 0.231. The van der Waals surface area contributed by atoms with Crippen molar-refractivity contribution in [3.63, 3.8) is 0 Å². The number of ether oxygens (including phenoxy) is 1. The van der Waals surface area contributed by atoms with Crippen LogP contribution in [0, 0.1) is 6.92 Å². The fourth-order valence-electron chi connectivity index (χ4n) is 1.92. The fourth-order valence-corrected chi connectivity index (χ4v) is 3.22. The summed E-state index contributed by atoms with van der Waals surface area (Å²) in [6, 6.07) is 2.63. The van der Waals surface area contributed by atoms with Crippen LogP contribution in [-0.2, 0) is 14.6 Å². The molecule has 112 valence electrons. The highest BCUT2D eigenvalue weighted by molar-refractivity contribution is 7.90. The van der Waals surface area contributed by atoms with Gasteiger partial charge in [-0.3, -0.25) is 0 Å². The van der Waals surface area contributed by atoms with Gasteiger partial charge in [-0.2, -0.15) is 0 Å². The first kappa shape index (κ1) is 15.5. The molecule has 0 radical (unpaired) electrons. The van der Waals surface area contributed by atoms with E-state index in [4.69, 9.17) is 16.1 Å². The molecule has 0 saturated carbocycles. The number of aromatic nitrogens is 1. The van der Waals surface area contributed by atoms with Gasteiger partial charge in [-0.25, -0.2) is 13.2 Å². The Hall–Kier alpha value is -1.86. The van der Waals surface area contributed by atoms with Crippen LogP contribution < -0.4 is 0 Å². The predicted molar refractivity (Wildman–Crippen MR) is 76.1 cm³/mol. The number of esters is 1. The van der Waals surface area contributed by atoms with E-state index in [1.54, 1.807) is 6.92 Å². The summed E-state index contributed by atoms with van der Waals surface area (Å²) in [5, 5.41) is 3.59. The Kier molecular flexibility index (Phi) is 4.06. The number of benzene rings is 1. The molecule has 0 unspecified atom stereocenters. The molecule has 0 N–H and O–H groups in total. The summed E-state index contributed by atoms with van der Waals surface area (Å²) in [4.78, 5) is 11.7. The van der Waals surface area contributed by atoms with Crippen LogP contribution >= 0.6 is 11.6 Å². The standard InChI is InChI=1S/C13H12ClNO5S/c1-7-9(6-15-20-7)11-10(21(3,17)18)5-4-8(12(11)14)13(16)19-2/h4-6H,1-3H3. The number of halogens is 1. The van der Waals surface area contributed by atoms with Crippen molar-refractivity contribution >= 4 is 27.4 Å². The Bertz CT molecular complexity index is 810. The van der Waals surface area contributed by atoms with Gasteiger partial charge in [-0.15, -0.1) is 0 Å². The zero-order valence-corrected chi connectivity index (χ0v) is 13.1. The molecule has 2 rings (SSSR count). The maximum absolute atomic E-state index is 11.9. The molecule has 0 aliphatic carbocycles. The monoisotopic (exact) mass is 329 g/mol. The SMILES string of the molecule is COC(=O)c1ccc(S(C)(=O)=O)c(-c2cnoc2C)c1Cl. The smallest absolute Gasteiger partial charge is 0.339 e. The van der Waals surface area contributed by atoms with Crippen molar-refractivity contribution in [1.82, 2.24) is 5.16 Å². The van der Waals surface area contributed by atoms with Gasteiger partial charge in [0.2, 0.25) is 0 Å². The van der Waals surface area contributed by atoms with Crippen LogP contribution in [0.25, 0.3) is 11.1 Å². The average Bonchev–Trinajstić information content (AvgIpc) is 2.82. The highest BCUT2D eigenvalue weighted by Gasteiger charge is 2.25. The molecule has 8 heteroatoms. The molecular formula is C13H12ClNO5S. The van der Waals surface area contributed by atoms with Gasteiger partial charge in [0.25, 0.3) is 0 Å². The largest absolute Gasteiger partial charge is 0.465 e. The first-order valence-electron chi connectivity index (χ1n) is 5.80. The maximum Gasteiger partial charge on any atom is 0.339 e. The van der Waals surface area contributed by atoms with Crippen molar-refractivity contribution in [2.45, 2.75) is 11.8 Å². The zero-order chi connectivity index (χ0) is 15.8. The van der Waals surface area contributed by atoms with Gasteiger partial charge in [0.1, 0.15) is 5.76 Å². The second-order valence-corrected chi connectivity index (χ2v) is 6.72. The second kappa shape index (κ2) is 5.50. The van der Waals surface area contributed by atoms with Crippen LogP contribution in [0.1, 0.15) is 16.1 Å². The number of rotatable bonds is 3. The van der Waals surface area contributed by atoms with Gasteiger partial charge in [0.15, 0.2) is 9.84 Å². The first-order valence-corrected chi connectivity index (χ1v) is 8.06. The number of hydrogen-bond acceptors (Lipinski definition) is 6. The lowest BCUT2D eigenvalue weighted by molar-refractivity contribution is 0.0601. The summed E-state index contributed by atoms with van der Waals surface area (Å²) < 4.78 is 33.5. The van der Waals surface area contributed by atoms with Crippen molar-refractivity contribution in [2.24, 2.45) is 0 Å². The number of nitrogens with zero attached hydrogens (tertiary/aromatic N) is 1. The summed E-state index contributed by atoms with van der Waals surface area (Å²) in [6.45, 7) is 1.62. The lowest BCUT2D eigenvalue weighted by Crippen LogP contribution is -2.07. The Balaban J connectivity index is 2.86. The van der Waals surface area contributed by atoms with E-state index < -0.39 is 15.8 Å².